The average molecular weight is 293 g/mol. The van der Waals surface area contributed by atoms with Crippen LogP contribution in [-0.4, -0.2) is 42.0 Å². The first-order valence-corrected chi connectivity index (χ1v) is 6.01. The molecule has 0 aliphatic heterocycles. The van der Waals surface area contributed by atoms with Gasteiger partial charge in [0.1, 0.15) is 23.5 Å². The summed E-state index contributed by atoms with van der Waals surface area (Å²) in [6, 6.07) is 4.49. The van der Waals surface area contributed by atoms with Gasteiger partial charge in [0, 0.05) is 13.0 Å². The number of para-hydroxylation sites is 1. The van der Waals surface area contributed by atoms with Crippen molar-refractivity contribution in [1.29, 1.82) is 5.26 Å². The molecule has 0 heterocycles. The Bertz CT molecular complexity index is 567. The van der Waals surface area contributed by atoms with E-state index in [1.165, 1.54) is 13.2 Å². The smallest absolute Gasteiger partial charge is 0.326 e. The number of carbonyl (C=O) groups excluding carboxylic acids is 1. The van der Waals surface area contributed by atoms with Crippen molar-refractivity contribution in [2.24, 2.45) is 0 Å². The zero-order valence-corrected chi connectivity index (χ0v) is 11.3. The molecule has 0 aromatic heterocycles. The van der Waals surface area contributed by atoms with E-state index >= 15 is 0 Å². The predicted molar refractivity (Wildman–Crippen MR) is 73.0 cm³/mol. The van der Waals surface area contributed by atoms with Crippen molar-refractivity contribution in [2.45, 2.75) is 12.5 Å². The molecular weight excluding hydrogens is 278 g/mol. The monoisotopic (exact) mass is 293 g/mol. The topological polar surface area (TPSA) is 132 Å². The van der Waals surface area contributed by atoms with Crippen LogP contribution in [0.4, 0.5) is 10.5 Å². The molecule has 0 saturated carbocycles. The van der Waals surface area contributed by atoms with Crippen LogP contribution in [0.1, 0.15) is 12.0 Å². The Balaban J connectivity index is 2.88. The SMILES string of the molecule is COc1cccc(C#N)c1NC(=O)N[C@H](CCO)C(=O)O. The number of urea groups is 1. The number of aliphatic carboxylic acids is 1. The van der Waals surface area contributed by atoms with Crippen molar-refractivity contribution in [3.05, 3.63) is 23.8 Å². The van der Waals surface area contributed by atoms with E-state index in [0.717, 1.165) is 0 Å². The standard InChI is InChI=1S/C13H15N3O5/c1-21-10-4-2-3-8(7-14)11(10)16-13(20)15-9(5-6-17)12(18)19/h2-4,9,17H,5-6H2,1H3,(H,18,19)(H2,15,16,20)/t9-/m1/s1. The van der Waals surface area contributed by atoms with Gasteiger partial charge in [-0.15, -0.1) is 0 Å². The van der Waals surface area contributed by atoms with Gasteiger partial charge in [-0.05, 0) is 12.1 Å². The van der Waals surface area contributed by atoms with Gasteiger partial charge in [-0.25, -0.2) is 9.59 Å². The zero-order chi connectivity index (χ0) is 15.8. The van der Waals surface area contributed by atoms with Crippen molar-refractivity contribution in [3.63, 3.8) is 0 Å². The number of hydrogen-bond acceptors (Lipinski definition) is 5. The lowest BCUT2D eigenvalue weighted by atomic mass is 10.2. The molecule has 2 amide bonds. The number of carbonyl (C=O) groups is 2. The number of ether oxygens (including phenoxy) is 1. The zero-order valence-electron chi connectivity index (χ0n) is 11.3. The Morgan fingerprint density at radius 3 is 2.71 bits per heavy atom. The van der Waals surface area contributed by atoms with Crippen molar-refractivity contribution in [1.82, 2.24) is 5.32 Å². The Kier molecular flexibility index (Phi) is 5.98. The van der Waals surface area contributed by atoms with Gasteiger partial charge in [0.25, 0.3) is 0 Å². The Hall–Kier alpha value is -2.79. The van der Waals surface area contributed by atoms with Crippen molar-refractivity contribution >= 4 is 17.7 Å². The highest BCUT2D eigenvalue weighted by atomic mass is 16.5. The number of amides is 2. The molecular formula is C13H15N3O5. The molecule has 1 aromatic rings. The molecule has 112 valence electrons. The molecule has 8 heteroatoms. The number of anilines is 1. The van der Waals surface area contributed by atoms with Gasteiger partial charge in [0.2, 0.25) is 0 Å². The minimum atomic E-state index is -1.26. The fraction of sp³-hybridized carbons (Fsp3) is 0.308. The maximum atomic E-state index is 11.8. The normalized spacial score (nSPS) is 11.1. The van der Waals surface area contributed by atoms with Crippen LogP contribution < -0.4 is 15.4 Å². The summed E-state index contributed by atoms with van der Waals surface area (Å²) >= 11 is 0. The Morgan fingerprint density at radius 1 is 1.48 bits per heavy atom. The van der Waals surface area contributed by atoms with E-state index in [1.807, 2.05) is 6.07 Å². The summed E-state index contributed by atoms with van der Waals surface area (Å²) < 4.78 is 5.04. The van der Waals surface area contributed by atoms with Gasteiger partial charge in [-0.3, -0.25) is 0 Å². The molecule has 0 spiro atoms. The van der Waals surface area contributed by atoms with E-state index in [9.17, 15) is 9.59 Å². The number of nitrogens with one attached hydrogen (secondary N) is 2. The number of benzene rings is 1. The van der Waals surface area contributed by atoms with Crippen LogP contribution in [0.3, 0.4) is 0 Å². The quantitative estimate of drug-likeness (QED) is 0.604. The lowest BCUT2D eigenvalue weighted by Gasteiger charge is -2.16. The molecule has 0 bridgehead atoms. The maximum Gasteiger partial charge on any atom is 0.326 e. The highest BCUT2D eigenvalue weighted by Crippen LogP contribution is 2.27. The van der Waals surface area contributed by atoms with E-state index in [1.54, 1.807) is 12.1 Å². The van der Waals surface area contributed by atoms with E-state index < -0.39 is 18.0 Å². The fourth-order valence-corrected chi connectivity index (χ4v) is 1.62. The molecule has 0 fully saturated rings. The summed E-state index contributed by atoms with van der Waals surface area (Å²) in [5.41, 5.74) is 0.326. The third-order valence-electron chi connectivity index (χ3n) is 2.63. The first kappa shape index (κ1) is 16.3. The molecule has 0 unspecified atom stereocenters. The molecule has 0 saturated heterocycles. The minimum Gasteiger partial charge on any atom is -0.495 e. The van der Waals surface area contributed by atoms with Crippen LogP contribution in [0.2, 0.25) is 0 Å². The number of rotatable bonds is 6. The van der Waals surface area contributed by atoms with Crippen molar-refractivity contribution < 1.29 is 24.5 Å². The average Bonchev–Trinajstić information content (AvgIpc) is 2.46. The second kappa shape index (κ2) is 7.72. The van der Waals surface area contributed by atoms with Gasteiger partial charge in [0.05, 0.1) is 12.7 Å². The van der Waals surface area contributed by atoms with Gasteiger partial charge in [-0.2, -0.15) is 5.26 Å². The molecule has 21 heavy (non-hydrogen) atoms. The molecule has 0 radical (unpaired) electrons. The predicted octanol–water partition coefficient (Wildman–Crippen LogP) is 0.524. The van der Waals surface area contributed by atoms with Crippen molar-refractivity contribution in [3.8, 4) is 11.8 Å². The van der Waals surface area contributed by atoms with E-state index in [2.05, 4.69) is 10.6 Å². The third kappa shape index (κ3) is 4.36. The summed E-state index contributed by atoms with van der Waals surface area (Å²) in [6.07, 6.45) is -0.125. The first-order valence-electron chi connectivity index (χ1n) is 6.01. The van der Waals surface area contributed by atoms with Gasteiger partial charge in [0.15, 0.2) is 0 Å². The van der Waals surface area contributed by atoms with Crippen LogP contribution in [0.25, 0.3) is 0 Å². The summed E-state index contributed by atoms with van der Waals surface area (Å²) in [6.45, 7) is -0.380. The van der Waals surface area contributed by atoms with Crippen LogP contribution in [0, 0.1) is 11.3 Å². The second-order valence-corrected chi connectivity index (χ2v) is 4.00. The van der Waals surface area contributed by atoms with Crippen LogP contribution >= 0.6 is 0 Å². The molecule has 4 N–H and O–H groups in total. The molecule has 0 aliphatic rings. The van der Waals surface area contributed by atoms with Crippen molar-refractivity contribution in [2.75, 3.05) is 19.0 Å². The number of hydrogen-bond donors (Lipinski definition) is 4. The molecule has 1 aromatic carbocycles. The first-order chi connectivity index (χ1) is 10.0. The molecule has 0 aliphatic carbocycles. The number of carboxylic acids is 1. The van der Waals surface area contributed by atoms with Gasteiger partial charge < -0.3 is 25.6 Å². The third-order valence-corrected chi connectivity index (χ3v) is 2.63. The highest BCUT2D eigenvalue weighted by Gasteiger charge is 2.20. The maximum absolute atomic E-state index is 11.8. The Morgan fingerprint density at radius 2 is 2.19 bits per heavy atom. The summed E-state index contributed by atoms with van der Waals surface area (Å²) in [5.74, 6) is -0.988. The van der Waals surface area contributed by atoms with Crippen LogP contribution in [0.5, 0.6) is 5.75 Å². The van der Waals surface area contributed by atoms with E-state index in [4.69, 9.17) is 20.2 Å². The lowest BCUT2D eigenvalue weighted by Crippen LogP contribution is -2.43. The highest BCUT2D eigenvalue weighted by molar-refractivity contribution is 5.94. The molecule has 1 atom stereocenters. The number of nitrogens with zero attached hydrogens (tertiary/aromatic N) is 1. The number of carboxylic acid groups (broad SMARTS) is 1. The lowest BCUT2D eigenvalue weighted by molar-refractivity contribution is -0.139. The second-order valence-electron chi connectivity index (χ2n) is 4.00. The summed E-state index contributed by atoms with van der Waals surface area (Å²) in [5, 5.41) is 31.2. The van der Waals surface area contributed by atoms with E-state index in [0.29, 0.717) is 0 Å². The largest absolute Gasteiger partial charge is 0.495 e. The number of aliphatic hydroxyl groups is 1. The van der Waals surface area contributed by atoms with Crippen LogP contribution in [0.15, 0.2) is 18.2 Å². The Labute approximate surface area is 121 Å². The molecule has 1 rings (SSSR count). The van der Waals surface area contributed by atoms with Gasteiger partial charge in [-0.1, -0.05) is 6.07 Å². The summed E-state index contributed by atoms with van der Waals surface area (Å²) in [7, 11) is 1.38. The minimum absolute atomic E-state index is 0.125. The molecule has 8 nitrogen and oxygen atoms in total. The number of methoxy groups -OCH3 is 1. The van der Waals surface area contributed by atoms with Crippen LogP contribution in [-0.2, 0) is 4.79 Å². The van der Waals surface area contributed by atoms with E-state index in [-0.39, 0.29) is 30.0 Å². The summed E-state index contributed by atoms with van der Waals surface area (Å²) in [4.78, 5) is 22.7. The number of nitriles is 1. The fourth-order valence-electron chi connectivity index (χ4n) is 1.62. The number of aliphatic hydroxyl groups excluding tert-OH is 1. The van der Waals surface area contributed by atoms with Gasteiger partial charge >= 0.3 is 12.0 Å².